The molecular formula is C13H17BrF2. The Morgan fingerprint density at radius 1 is 1.12 bits per heavy atom. The zero-order valence-electron chi connectivity index (χ0n) is 9.64. The maximum Gasteiger partial charge on any atom is 0.126 e. The van der Waals surface area contributed by atoms with Crippen molar-refractivity contribution >= 4 is 15.9 Å². The highest BCUT2D eigenvalue weighted by Gasteiger charge is 2.11. The maximum absolute atomic E-state index is 13.0. The van der Waals surface area contributed by atoms with Crippen LogP contribution >= 0.6 is 15.9 Å². The summed E-state index contributed by atoms with van der Waals surface area (Å²) in [4.78, 5) is 0. The van der Waals surface area contributed by atoms with Gasteiger partial charge in [0, 0.05) is 11.4 Å². The van der Waals surface area contributed by atoms with Crippen LogP contribution < -0.4 is 0 Å². The van der Waals surface area contributed by atoms with E-state index in [1.165, 1.54) is 12.1 Å². The first-order valence-electron chi connectivity index (χ1n) is 5.52. The number of hydrogen-bond donors (Lipinski definition) is 0. The summed E-state index contributed by atoms with van der Waals surface area (Å²) in [5.74, 6) is 0.0443. The van der Waals surface area contributed by atoms with E-state index in [0.29, 0.717) is 11.8 Å². The lowest BCUT2D eigenvalue weighted by atomic mass is 9.92. The predicted octanol–water partition coefficient (Wildman–Crippen LogP) is 4.56. The van der Waals surface area contributed by atoms with Crippen molar-refractivity contribution in [1.29, 1.82) is 0 Å². The van der Waals surface area contributed by atoms with Gasteiger partial charge in [-0.2, -0.15) is 0 Å². The molecule has 0 saturated heterocycles. The lowest BCUT2D eigenvalue weighted by Gasteiger charge is -2.16. The molecule has 0 fully saturated rings. The predicted molar refractivity (Wildman–Crippen MR) is 66.8 cm³/mol. The summed E-state index contributed by atoms with van der Waals surface area (Å²) in [7, 11) is 0. The molecule has 1 aromatic rings. The van der Waals surface area contributed by atoms with Crippen molar-refractivity contribution in [1.82, 2.24) is 0 Å². The molecule has 0 saturated carbocycles. The number of benzene rings is 1. The highest BCUT2D eigenvalue weighted by Crippen LogP contribution is 2.20. The van der Waals surface area contributed by atoms with Crippen molar-refractivity contribution in [2.24, 2.45) is 11.8 Å². The molecule has 0 amide bonds. The highest BCUT2D eigenvalue weighted by atomic mass is 79.9. The zero-order chi connectivity index (χ0) is 12.1. The second kappa shape index (κ2) is 6.33. The maximum atomic E-state index is 13.0. The minimum absolute atomic E-state index is 0.432. The Hall–Kier alpha value is -0.440. The normalized spacial score (nSPS) is 13.1. The van der Waals surface area contributed by atoms with Crippen LogP contribution in [0.15, 0.2) is 18.2 Å². The molecule has 0 spiro atoms. The van der Waals surface area contributed by atoms with Gasteiger partial charge in [0.05, 0.1) is 0 Å². The molecular weight excluding hydrogens is 274 g/mol. The van der Waals surface area contributed by atoms with E-state index in [0.717, 1.165) is 29.8 Å². The lowest BCUT2D eigenvalue weighted by Crippen LogP contribution is -2.10. The first-order chi connectivity index (χ1) is 7.51. The molecule has 0 heterocycles. The molecule has 16 heavy (non-hydrogen) atoms. The van der Waals surface area contributed by atoms with Crippen LogP contribution in [0, 0.1) is 23.5 Å². The van der Waals surface area contributed by atoms with Crippen LogP contribution in [-0.2, 0) is 6.42 Å². The number of halogens is 3. The van der Waals surface area contributed by atoms with Gasteiger partial charge in [0.25, 0.3) is 0 Å². The van der Waals surface area contributed by atoms with Gasteiger partial charge in [0.15, 0.2) is 0 Å². The zero-order valence-corrected chi connectivity index (χ0v) is 11.2. The van der Waals surface area contributed by atoms with E-state index >= 15 is 0 Å². The van der Waals surface area contributed by atoms with Gasteiger partial charge < -0.3 is 0 Å². The van der Waals surface area contributed by atoms with Crippen molar-refractivity contribution < 1.29 is 8.78 Å². The Labute approximate surface area is 104 Å². The van der Waals surface area contributed by atoms with Crippen LogP contribution in [0.1, 0.15) is 25.8 Å². The monoisotopic (exact) mass is 290 g/mol. The Morgan fingerprint density at radius 3 is 2.12 bits per heavy atom. The lowest BCUT2D eigenvalue weighted by molar-refractivity contribution is 0.443. The Kier molecular flexibility index (Phi) is 5.39. The third-order valence-electron chi connectivity index (χ3n) is 2.47. The average Bonchev–Trinajstić information content (AvgIpc) is 2.14. The minimum atomic E-state index is -0.493. The van der Waals surface area contributed by atoms with Crippen LogP contribution in [0.4, 0.5) is 8.78 Å². The fourth-order valence-corrected chi connectivity index (χ4v) is 2.42. The largest absolute Gasteiger partial charge is 0.207 e. The van der Waals surface area contributed by atoms with Crippen molar-refractivity contribution in [3.8, 4) is 0 Å². The summed E-state index contributed by atoms with van der Waals surface area (Å²) < 4.78 is 26.0. The van der Waals surface area contributed by atoms with Gasteiger partial charge in [-0.15, -0.1) is 0 Å². The molecule has 0 aliphatic rings. The van der Waals surface area contributed by atoms with Crippen molar-refractivity contribution in [2.75, 3.05) is 5.33 Å². The third-order valence-corrected chi connectivity index (χ3v) is 3.39. The Morgan fingerprint density at radius 2 is 1.69 bits per heavy atom. The van der Waals surface area contributed by atoms with Crippen molar-refractivity contribution in [2.45, 2.75) is 26.7 Å². The topological polar surface area (TPSA) is 0 Å². The first kappa shape index (κ1) is 13.6. The second-order valence-electron chi connectivity index (χ2n) is 4.63. The summed E-state index contributed by atoms with van der Waals surface area (Å²) in [6.45, 7) is 4.31. The first-order valence-corrected chi connectivity index (χ1v) is 6.64. The van der Waals surface area contributed by atoms with Crippen LogP contribution in [0.5, 0.6) is 0 Å². The van der Waals surface area contributed by atoms with E-state index in [4.69, 9.17) is 0 Å². The van der Waals surface area contributed by atoms with Gasteiger partial charge in [0.2, 0.25) is 0 Å². The number of rotatable bonds is 5. The average molecular weight is 291 g/mol. The summed E-state index contributed by atoms with van der Waals surface area (Å²) in [6.07, 6.45) is 1.78. The smallest absolute Gasteiger partial charge is 0.126 e. The van der Waals surface area contributed by atoms with Crippen molar-refractivity contribution in [3.05, 3.63) is 35.4 Å². The molecule has 0 aliphatic heterocycles. The van der Waals surface area contributed by atoms with Crippen LogP contribution in [0.2, 0.25) is 0 Å². The molecule has 0 aromatic heterocycles. The van der Waals surface area contributed by atoms with Gasteiger partial charge in [-0.25, -0.2) is 8.78 Å². The molecule has 0 radical (unpaired) electrons. The molecule has 0 N–H and O–H groups in total. The van der Waals surface area contributed by atoms with Crippen LogP contribution in [-0.4, -0.2) is 5.33 Å². The fourth-order valence-electron chi connectivity index (χ4n) is 1.93. The van der Waals surface area contributed by atoms with E-state index in [1.54, 1.807) is 0 Å². The van der Waals surface area contributed by atoms with Crippen LogP contribution in [0.3, 0.4) is 0 Å². The molecule has 0 nitrogen and oxygen atoms in total. The second-order valence-corrected chi connectivity index (χ2v) is 5.28. The van der Waals surface area contributed by atoms with E-state index in [9.17, 15) is 8.78 Å². The quantitative estimate of drug-likeness (QED) is 0.697. The molecule has 1 atom stereocenters. The number of alkyl halides is 1. The van der Waals surface area contributed by atoms with Gasteiger partial charge in [-0.1, -0.05) is 29.8 Å². The molecule has 0 aliphatic carbocycles. The molecule has 1 unspecified atom stereocenters. The van der Waals surface area contributed by atoms with Crippen molar-refractivity contribution in [3.63, 3.8) is 0 Å². The molecule has 0 bridgehead atoms. The third kappa shape index (κ3) is 4.60. The summed E-state index contributed by atoms with van der Waals surface area (Å²) in [5, 5.41) is 0.864. The number of hydrogen-bond acceptors (Lipinski definition) is 0. The van der Waals surface area contributed by atoms with E-state index in [2.05, 4.69) is 29.8 Å². The van der Waals surface area contributed by atoms with E-state index < -0.39 is 11.6 Å². The summed E-state index contributed by atoms with van der Waals surface area (Å²) >= 11 is 3.45. The van der Waals surface area contributed by atoms with Gasteiger partial charge in [0.1, 0.15) is 11.6 Å². The standard InChI is InChI=1S/C13H17BrF2/c1-9(2)3-11(8-14)4-10-5-12(15)7-13(16)6-10/h5-7,9,11H,3-4,8H2,1-2H3. The van der Waals surface area contributed by atoms with Gasteiger partial charge in [-0.3, -0.25) is 0 Å². The molecule has 1 aromatic carbocycles. The fraction of sp³-hybridized carbons (Fsp3) is 0.538. The molecule has 3 heteroatoms. The minimum Gasteiger partial charge on any atom is -0.207 e. The SMILES string of the molecule is CC(C)CC(CBr)Cc1cc(F)cc(F)c1. The summed E-state index contributed by atoms with van der Waals surface area (Å²) in [6, 6.07) is 3.74. The van der Waals surface area contributed by atoms with Gasteiger partial charge in [-0.05, 0) is 42.4 Å². The van der Waals surface area contributed by atoms with Crippen LogP contribution in [0.25, 0.3) is 0 Å². The summed E-state index contributed by atoms with van der Waals surface area (Å²) in [5.41, 5.74) is 0.739. The Bertz CT molecular complexity index is 316. The Balaban J connectivity index is 2.69. The molecule has 90 valence electrons. The highest BCUT2D eigenvalue weighted by molar-refractivity contribution is 9.09. The molecule has 1 rings (SSSR count). The van der Waals surface area contributed by atoms with Gasteiger partial charge >= 0.3 is 0 Å². The van der Waals surface area contributed by atoms with E-state index in [1.807, 2.05) is 0 Å². The van der Waals surface area contributed by atoms with E-state index in [-0.39, 0.29) is 0 Å².